The van der Waals surface area contributed by atoms with E-state index in [0.29, 0.717) is 23.7 Å². The van der Waals surface area contributed by atoms with Gasteiger partial charge in [-0.25, -0.2) is 0 Å². The predicted molar refractivity (Wildman–Crippen MR) is 83.4 cm³/mol. The first-order valence-corrected chi connectivity index (χ1v) is 7.63. The van der Waals surface area contributed by atoms with Crippen molar-refractivity contribution in [1.29, 1.82) is 5.26 Å². The molecular weight excluding hydrogens is 286 g/mol. The van der Waals surface area contributed by atoms with E-state index in [0.717, 1.165) is 25.1 Å². The van der Waals surface area contributed by atoms with Crippen LogP contribution < -0.4 is 0 Å². The second kappa shape index (κ2) is 6.93. The molecule has 0 aliphatic carbocycles. The summed E-state index contributed by atoms with van der Waals surface area (Å²) in [6.07, 6.45) is 0.820. The van der Waals surface area contributed by atoms with Crippen molar-refractivity contribution >= 4 is 17.5 Å². The summed E-state index contributed by atoms with van der Waals surface area (Å²) in [5, 5.41) is 9.76. The van der Waals surface area contributed by atoms with Crippen molar-refractivity contribution in [3.8, 4) is 6.07 Å². The first kappa shape index (κ1) is 15.8. The minimum atomic E-state index is -0.0421. The number of benzene rings is 1. The molecule has 1 aliphatic rings. The Labute approximate surface area is 130 Å². The van der Waals surface area contributed by atoms with E-state index in [1.54, 1.807) is 12.1 Å². The summed E-state index contributed by atoms with van der Waals surface area (Å²) in [6.45, 7) is 6.76. The molecule has 1 unspecified atom stereocenters. The van der Waals surface area contributed by atoms with Crippen LogP contribution in [-0.4, -0.2) is 47.9 Å². The summed E-state index contributed by atoms with van der Waals surface area (Å²) in [5.74, 6) is 0.0498. The lowest BCUT2D eigenvalue weighted by Gasteiger charge is -2.36. The van der Waals surface area contributed by atoms with Crippen LogP contribution in [0.3, 0.4) is 0 Å². The van der Waals surface area contributed by atoms with Crippen molar-refractivity contribution in [2.45, 2.75) is 26.3 Å². The fourth-order valence-corrected chi connectivity index (χ4v) is 2.93. The van der Waals surface area contributed by atoms with E-state index in [-0.39, 0.29) is 11.9 Å². The molecule has 1 fully saturated rings. The van der Waals surface area contributed by atoms with Gasteiger partial charge in [0.1, 0.15) is 0 Å². The van der Waals surface area contributed by atoms with E-state index in [9.17, 15) is 4.79 Å². The third kappa shape index (κ3) is 3.55. The number of nitrogens with zero attached hydrogens (tertiary/aromatic N) is 3. The van der Waals surface area contributed by atoms with Crippen LogP contribution in [-0.2, 0) is 0 Å². The highest BCUT2D eigenvalue weighted by molar-refractivity contribution is 6.30. The van der Waals surface area contributed by atoms with Gasteiger partial charge in [-0.1, -0.05) is 18.5 Å². The fraction of sp³-hybridized carbons (Fsp3) is 0.500. The normalized spacial score (nSPS) is 17.3. The molecule has 4 nitrogen and oxygen atoms in total. The number of halogens is 1. The summed E-state index contributed by atoms with van der Waals surface area (Å²) < 4.78 is 0. The van der Waals surface area contributed by atoms with Gasteiger partial charge < -0.3 is 4.90 Å². The number of carbonyl (C=O) groups is 1. The maximum absolute atomic E-state index is 12.5. The minimum absolute atomic E-state index is 0.0421. The molecular formula is C16H20ClN3O. The number of aryl methyl sites for hydroxylation is 1. The number of hydrogen-bond acceptors (Lipinski definition) is 3. The van der Waals surface area contributed by atoms with E-state index >= 15 is 0 Å². The van der Waals surface area contributed by atoms with Gasteiger partial charge in [0.15, 0.2) is 0 Å². The smallest absolute Gasteiger partial charge is 0.254 e. The quantitative estimate of drug-likeness (QED) is 0.862. The van der Waals surface area contributed by atoms with Gasteiger partial charge in [-0.15, -0.1) is 0 Å². The standard InChI is InChI=1S/C16H20ClN3O/c1-3-14(11-18)19-6-8-20(9-7-19)16(21)15-5-4-13(17)10-12(15)2/h4-5,10,14H,3,6-9H2,1-2H3. The Morgan fingerprint density at radius 3 is 2.57 bits per heavy atom. The number of carbonyl (C=O) groups excluding carboxylic acids is 1. The molecule has 1 aromatic rings. The SMILES string of the molecule is CCC(C#N)N1CCN(C(=O)c2ccc(Cl)cc2C)CC1. The summed E-state index contributed by atoms with van der Waals surface area (Å²) in [5.41, 5.74) is 1.61. The Balaban J connectivity index is 2.02. The number of hydrogen-bond donors (Lipinski definition) is 0. The second-order valence-corrected chi connectivity index (χ2v) is 5.78. The van der Waals surface area contributed by atoms with E-state index in [2.05, 4.69) is 11.0 Å². The van der Waals surface area contributed by atoms with Gasteiger partial charge in [-0.3, -0.25) is 9.69 Å². The van der Waals surface area contributed by atoms with Gasteiger partial charge in [0.2, 0.25) is 0 Å². The highest BCUT2D eigenvalue weighted by atomic mass is 35.5. The average Bonchev–Trinajstić information content (AvgIpc) is 2.48. The number of rotatable bonds is 3. The Bertz CT molecular complexity index is 559. The van der Waals surface area contributed by atoms with Crippen LogP contribution in [0.1, 0.15) is 29.3 Å². The van der Waals surface area contributed by atoms with E-state index < -0.39 is 0 Å². The topological polar surface area (TPSA) is 47.3 Å². The van der Waals surface area contributed by atoms with Crippen molar-refractivity contribution in [3.05, 3.63) is 34.3 Å². The zero-order valence-electron chi connectivity index (χ0n) is 12.5. The van der Waals surface area contributed by atoms with Gasteiger partial charge in [0.25, 0.3) is 5.91 Å². The van der Waals surface area contributed by atoms with E-state index in [1.807, 2.05) is 24.8 Å². The van der Waals surface area contributed by atoms with Crippen LogP contribution in [0.15, 0.2) is 18.2 Å². The van der Waals surface area contributed by atoms with E-state index in [1.165, 1.54) is 0 Å². The van der Waals surface area contributed by atoms with Crippen LogP contribution in [0.4, 0.5) is 0 Å². The molecule has 1 amide bonds. The highest BCUT2D eigenvalue weighted by Gasteiger charge is 2.26. The molecule has 0 N–H and O–H groups in total. The maximum atomic E-state index is 12.5. The Morgan fingerprint density at radius 1 is 1.38 bits per heavy atom. The van der Waals surface area contributed by atoms with Crippen molar-refractivity contribution in [2.75, 3.05) is 26.2 Å². The Kier molecular flexibility index (Phi) is 5.22. The molecule has 0 bridgehead atoms. The monoisotopic (exact) mass is 305 g/mol. The van der Waals surface area contributed by atoms with E-state index in [4.69, 9.17) is 16.9 Å². The second-order valence-electron chi connectivity index (χ2n) is 5.34. The molecule has 0 saturated carbocycles. The molecule has 112 valence electrons. The fourth-order valence-electron chi connectivity index (χ4n) is 2.71. The van der Waals surface area contributed by atoms with Gasteiger partial charge in [-0.2, -0.15) is 5.26 Å². The van der Waals surface area contributed by atoms with Crippen molar-refractivity contribution in [2.24, 2.45) is 0 Å². The van der Waals surface area contributed by atoms with Crippen LogP contribution in [0, 0.1) is 18.3 Å². The number of nitriles is 1. The Hall–Kier alpha value is -1.57. The largest absolute Gasteiger partial charge is 0.336 e. The maximum Gasteiger partial charge on any atom is 0.254 e. The molecule has 0 spiro atoms. The zero-order chi connectivity index (χ0) is 15.4. The minimum Gasteiger partial charge on any atom is -0.336 e. The molecule has 1 saturated heterocycles. The van der Waals surface area contributed by atoms with Crippen LogP contribution >= 0.6 is 11.6 Å². The van der Waals surface area contributed by atoms with Crippen molar-refractivity contribution in [3.63, 3.8) is 0 Å². The summed E-state index contributed by atoms with van der Waals surface area (Å²) >= 11 is 5.93. The first-order valence-electron chi connectivity index (χ1n) is 7.26. The van der Waals surface area contributed by atoms with Crippen LogP contribution in [0.2, 0.25) is 5.02 Å². The third-order valence-corrected chi connectivity index (χ3v) is 4.23. The highest BCUT2D eigenvalue weighted by Crippen LogP contribution is 2.18. The lowest BCUT2D eigenvalue weighted by molar-refractivity contribution is 0.0604. The van der Waals surface area contributed by atoms with Crippen molar-refractivity contribution in [1.82, 2.24) is 9.80 Å². The van der Waals surface area contributed by atoms with Crippen molar-refractivity contribution < 1.29 is 4.79 Å². The van der Waals surface area contributed by atoms with Gasteiger partial charge in [0.05, 0.1) is 12.1 Å². The summed E-state index contributed by atoms with van der Waals surface area (Å²) in [7, 11) is 0. The van der Waals surface area contributed by atoms with Crippen LogP contribution in [0.25, 0.3) is 0 Å². The molecule has 5 heteroatoms. The molecule has 1 aromatic carbocycles. The van der Waals surface area contributed by atoms with Gasteiger partial charge >= 0.3 is 0 Å². The molecule has 0 radical (unpaired) electrons. The average molecular weight is 306 g/mol. The molecule has 2 rings (SSSR count). The zero-order valence-corrected chi connectivity index (χ0v) is 13.2. The molecule has 1 heterocycles. The molecule has 1 atom stereocenters. The summed E-state index contributed by atoms with van der Waals surface area (Å²) in [4.78, 5) is 16.6. The first-order chi connectivity index (χ1) is 10.1. The lowest BCUT2D eigenvalue weighted by Crippen LogP contribution is -2.51. The summed E-state index contributed by atoms with van der Waals surface area (Å²) in [6, 6.07) is 7.63. The molecule has 1 aliphatic heterocycles. The number of amides is 1. The van der Waals surface area contributed by atoms with Gasteiger partial charge in [-0.05, 0) is 37.1 Å². The van der Waals surface area contributed by atoms with Gasteiger partial charge in [0, 0.05) is 36.8 Å². The van der Waals surface area contributed by atoms with Crippen LogP contribution in [0.5, 0.6) is 0 Å². The third-order valence-electron chi connectivity index (χ3n) is 4.00. The predicted octanol–water partition coefficient (Wildman–Crippen LogP) is 2.71. The lowest BCUT2D eigenvalue weighted by atomic mass is 10.1. The molecule has 21 heavy (non-hydrogen) atoms. The Morgan fingerprint density at radius 2 is 2.05 bits per heavy atom. The number of piperazine rings is 1. The molecule has 0 aromatic heterocycles.